The molecule has 4 rings (SSSR count). The zero-order valence-electron chi connectivity index (χ0n) is 14.5. The van der Waals surface area contributed by atoms with Crippen LogP contribution in [0.25, 0.3) is 5.69 Å². The Balaban J connectivity index is 1.62. The molecule has 1 saturated carbocycles. The lowest BCUT2D eigenvalue weighted by molar-refractivity contribution is -0.141. The van der Waals surface area contributed by atoms with Crippen LogP contribution in [0.15, 0.2) is 55.2 Å². The molecule has 9 heteroatoms. The number of carbonyl (C=O) groups is 1. The summed E-state index contributed by atoms with van der Waals surface area (Å²) in [5.41, 5.74) is -0.154. The molecule has 0 aliphatic heterocycles. The number of alkyl halides is 3. The van der Waals surface area contributed by atoms with Crippen LogP contribution in [-0.2, 0) is 6.18 Å². The number of ether oxygens (including phenoxy) is 1. The predicted molar refractivity (Wildman–Crippen MR) is 94.4 cm³/mol. The molecule has 1 aliphatic carbocycles. The number of benzene rings is 1. The third-order valence-corrected chi connectivity index (χ3v) is 4.09. The van der Waals surface area contributed by atoms with E-state index in [2.05, 4.69) is 15.3 Å². The third kappa shape index (κ3) is 4.13. The molecule has 0 spiro atoms. The van der Waals surface area contributed by atoms with Gasteiger partial charge in [0.15, 0.2) is 0 Å². The minimum Gasteiger partial charge on any atom is -0.490 e. The number of anilines is 1. The lowest BCUT2D eigenvalue weighted by Gasteiger charge is -2.12. The molecule has 0 unspecified atom stereocenters. The average Bonchev–Trinajstić information content (AvgIpc) is 3.29. The van der Waals surface area contributed by atoms with Crippen LogP contribution < -0.4 is 10.1 Å². The van der Waals surface area contributed by atoms with Crippen molar-refractivity contribution in [1.29, 1.82) is 0 Å². The Morgan fingerprint density at radius 1 is 1.18 bits per heavy atom. The van der Waals surface area contributed by atoms with Crippen LogP contribution in [0.5, 0.6) is 5.75 Å². The van der Waals surface area contributed by atoms with Crippen LogP contribution in [0, 0.1) is 0 Å². The van der Waals surface area contributed by atoms with Crippen molar-refractivity contribution in [2.24, 2.45) is 0 Å². The predicted octanol–water partition coefficient (Wildman–Crippen LogP) is 4.08. The summed E-state index contributed by atoms with van der Waals surface area (Å²) >= 11 is 0. The Bertz CT molecular complexity index is 999. The van der Waals surface area contributed by atoms with E-state index in [0.29, 0.717) is 11.4 Å². The van der Waals surface area contributed by atoms with Gasteiger partial charge in [-0.3, -0.25) is 9.78 Å². The molecule has 6 nitrogen and oxygen atoms in total. The van der Waals surface area contributed by atoms with Crippen molar-refractivity contribution in [1.82, 2.24) is 14.5 Å². The van der Waals surface area contributed by atoms with E-state index in [1.54, 1.807) is 41.5 Å². The van der Waals surface area contributed by atoms with Crippen molar-refractivity contribution in [3.8, 4) is 11.4 Å². The number of nitrogens with zero attached hydrogens (tertiary/aromatic N) is 3. The number of halogens is 3. The first kappa shape index (κ1) is 18.0. The van der Waals surface area contributed by atoms with Crippen LogP contribution in [0.4, 0.5) is 18.9 Å². The SMILES string of the molecule is O=C(Nc1ccnc(C(F)(F)F)c1)c1cc(OC2CC2)cc(-n2ccnc2)c1. The number of hydrogen-bond acceptors (Lipinski definition) is 4. The summed E-state index contributed by atoms with van der Waals surface area (Å²) < 4.78 is 46.0. The average molecular weight is 388 g/mol. The Labute approximate surface area is 158 Å². The summed E-state index contributed by atoms with van der Waals surface area (Å²) in [6.07, 6.45) is 3.34. The second-order valence-corrected chi connectivity index (χ2v) is 6.38. The van der Waals surface area contributed by atoms with E-state index in [1.165, 1.54) is 6.07 Å². The summed E-state index contributed by atoms with van der Waals surface area (Å²) in [6.45, 7) is 0. The van der Waals surface area contributed by atoms with Crippen LogP contribution >= 0.6 is 0 Å². The maximum Gasteiger partial charge on any atom is 0.433 e. The molecule has 1 fully saturated rings. The number of aromatic nitrogens is 3. The van der Waals surface area contributed by atoms with Gasteiger partial charge in [0, 0.05) is 35.9 Å². The Hall–Kier alpha value is -3.36. The van der Waals surface area contributed by atoms with E-state index in [9.17, 15) is 18.0 Å². The molecule has 28 heavy (non-hydrogen) atoms. The van der Waals surface area contributed by atoms with Crippen molar-refractivity contribution in [2.45, 2.75) is 25.1 Å². The van der Waals surface area contributed by atoms with Gasteiger partial charge < -0.3 is 14.6 Å². The van der Waals surface area contributed by atoms with E-state index in [0.717, 1.165) is 25.1 Å². The second-order valence-electron chi connectivity index (χ2n) is 6.38. The highest BCUT2D eigenvalue weighted by molar-refractivity contribution is 6.04. The number of nitrogens with one attached hydrogen (secondary N) is 1. The fourth-order valence-electron chi connectivity index (χ4n) is 2.59. The van der Waals surface area contributed by atoms with Gasteiger partial charge in [0.05, 0.1) is 18.1 Å². The largest absolute Gasteiger partial charge is 0.490 e. The fraction of sp³-hybridized carbons (Fsp3) is 0.211. The van der Waals surface area contributed by atoms with Crippen LogP contribution in [0.2, 0.25) is 0 Å². The van der Waals surface area contributed by atoms with Crippen molar-refractivity contribution >= 4 is 11.6 Å². The molecular weight excluding hydrogens is 373 g/mol. The van der Waals surface area contributed by atoms with Gasteiger partial charge in [0.25, 0.3) is 5.91 Å². The van der Waals surface area contributed by atoms with Gasteiger partial charge in [-0.05, 0) is 37.1 Å². The van der Waals surface area contributed by atoms with E-state index < -0.39 is 17.8 Å². The van der Waals surface area contributed by atoms with Crippen molar-refractivity contribution in [2.75, 3.05) is 5.32 Å². The first-order chi connectivity index (χ1) is 13.4. The fourth-order valence-corrected chi connectivity index (χ4v) is 2.59. The molecule has 2 heterocycles. The molecular formula is C19H15F3N4O2. The van der Waals surface area contributed by atoms with Gasteiger partial charge >= 0.3 is 6.18 Å². The quantitative estimate of drug-likeness (QED) is 0.715. The van der Waals surface area contributed by atoms with Crippen LogP contribution in [-0.4, -0.2) is 26.5 Å². The normalized spacial score (nSPS) is 14.0. The maximum absolute atomic E-state index is 12.8. The molecule has 2 aromatic heterocycles. The molecule has 1 aliphatic rings. The number of rotatable bonds is 5. The summed E-state index contributed by atoms with van der Waals surface area (Å²) in [7, 11) is 0. The van der Waals surface area contributed by atoms with Crippen LogP contribution in [0.3, 0.4) is 0 Å². The van der Waals surface area contributed by atoms with Crippen LogP contribution in [0.1, 0.15) is 28.9 Å². The number of hydrogen-bond donors (Lipinski definition) is 1. The van der Waals surface area contributed by atoms with E-state index in [1.807, 2.05) is 0 Å². The molecule has 1 aromatic carbocycles. The van der Waals surface area contributed by atoms with Gasteiger partial charge in [0.2, 0.25) is 0 Å². The van der Waals surface area contributed by atoms with Crippen molar-refractivity contribution < 1.29 is 22.7 Å². The summed E-state index contributed by atoms with van der Waals surface area (Å²) in [5, 5.41) is 2.48. The zero-order chi connectivity index (χ0) is 19.7. The molecule has 144 valence electrons. The Morgan fingerprint density at radius 3 is 2.68 bits per heavy atom. The van der Waals surface area contributed by atoms with Crippen molar-refractivity contribution in [3.05, 3.63) is 66.5 Å². The number of pyridine rings is 1. The molecule has 1 N–H and O–H groups in total. The number of amides is 1. The molecule has 0 radical (unpaired) electrons. The highest BCUT2D eigenvalue weighted by Gasteiger charge is 2.32. The first-order valence-corrected chi connectivity index (χ1v) is 8.53. The molecule has 0 bridgehead atoms. The van der Waals surface area contributed by atoms with Crippen molar-refractivity contribution in [3.63, 3.8) is 0 Å². The Kier molecular flexibility index (Phi) is 4.50. The van der Waals surface area contributed by atoms with Gasteiger partial charge in [-0.2, -0.15) is 13.2 Å². The summed E-state index contributed by atoms with van der Waals surface area (Å²) in [6, 6.07) is 7.06. The topological polar surface area (TPSA) is 69.0 Å². The third-order valence-electron chi connectivity index (χ3n) is 4.09. The molecule has 0 atom stereocenters. The van der Waals surface area contributed by atoms with Gasteiger partial charge in [-0.25, -0.2) is 4.98 Å². The Morgan fingerprint density at radius 2 is 2.00 bits per heavy atom. The summed E-state index contributed by atoms with van der Waals surface area (Å²) in [5.74, 6) is -0.0357. The molecule has 3 aromatic rings. The van der Waals surface area contributed by atoms with E-state index in [-0.39, 0.29) is 17.4 Å². The minimum atomic E-state index is -4.59. The van der Waals surface area contributed by atoms with Gasteiger partial charge in [0.1, 0.15) is 11.4 Å². The van der Waals surface area contributed by atoms with Gasteiger partial charge in [-0.1, -0.05) is 0 Å². The molecule has 0 saturated heterocycles. The maximum atomic E-state index is 12.8. The van der Waals surface area contributed by atoms with Gasteiger partial charge in [-0.15, -0.1) is 0 Å². The first-order valence-electron chi connectivity index (χ1n) is 8.53. The second kappa shape index (κ2) is 6.99. The highest BCUT2D eigenvalue weighted by atomic mass is 19.4. The highest BCUT2D eigenvalue weighted by Crippen LogP contribution is 2.30. The molecule has 1 amide bonds. The standard InChI is InChI=1S/C19H15F3N4O2/c20-19(21,22)17-9-13(3-4-24-17)25-18(27)12-7-14(26-6-5-23-11-26)10-16(8-12)28-15-1-2-15/h3-11,15H,1-2H2,(H,24,25,27). The number of carbonyl (C=O) groups excluding carboxylic acids is 1. The number of imidazole rings is 1. The van der Waals surface area contributed by atoms with E-state index >= 15 is 0 Å². The smallest absolute Gasteiger partial charge is 0.433 e. The monoisotopic (exact) mass is 388 g/mol. The zero-order valence-corrected chi connectivity index (χ0v) is 14.5. The summed E-state index contributed by atoms with van der Waals surface area (Å²) in [4.78, 5) is 19.9. The lowest BCUT2D eigenvalue weighted by atomic mass is 10.1. The minimum absolute atomic E-state index is 0.00465. The lowest BCUT2D eigenvalue weighted by Crippen LogP contribution is -2.14. The van der Waals surface area contributed by atoms with E-state index in [4.69, 9.17) is 4.74 Å².